The lowest BCUT2D eigenvalue weighted by Crippen LogP contribution is -2.30. The minimum absolute atomic E-state index is 0.0640. The van der Waals surface area contributed by atoms with Crippen LogP contribution in [0.5, 0.6) is 11.5 Å². The molecular formula is C22H23F2NO5. The van der Waals surface area contributed by atoms with Crippen LogP contribution in [0.3, 0.4) is 0 Å². The average molecular weight is 419 g/mol. The number of carbonyl (C=O) groups excluding carboxylic acids is 2. The van der Waals surface area contributed by atoms with Crippen LogP contribution in [-0.2, 0) is 20.7 Å². The van der Waals surface area contributed by atoms with Gasteiger partial charge in [-0.1, -0.05) is 35.9 Å². The highest BCUT2D eigenvalue weighted by Gasteiger charge is 2.11. The van der Waals surface area contributed by atoms with Crippen LogP contribution in [0.1, 0.15) is 16.7 Å². The van der Waals surface area contributed by atoms with Gasteiger partial charge in [0.05, 0.1) is 7.11 Å². The molecule has 160 valence electrons. The van der Waals surface area contributed by atoms with Gasteiger partial charge in [0.2, 0.25) is 0 Å². The van der Waals surface area contributed by atoms with Crippen LogP contribution in [0, 0.1) is 6.92 Å². The summed E-state index contributed by atoms with van der Waals surface area (Å²) in [5.74, 6) is -0.956. The summed E-state index contributed by atoms with van der Waals surface area (Å²) in [6.07, 6.45) is 3.30. The summed E-state index contributed by atoms with van der Waals surface area (Å²) in [6, 6.07) is 12.1. The monoisotopic (exact) mass is 419 g/mol. The number of amides is 1. The lowest BCUT2D eigenvalue weighted by Gasteiger charge is -2.11. The van der Waals surface area contributed by atoms with Gasteiger partial charge in [0.15, 0.2) is 18.1 Å². The van der Waals surface area contributed by atoms with Gasteiger partial charge in [0, 0.05) is 12.6 Å². The first kappa shape index (κ1) is 22.9. The third-order valence-corrected chi connectivity index (χ3v) is 3.98. The number of alkyl halides is 2. The number of nitrogens with one attached hydrogen (secondary N) is 1. The van der Waals surface area contributed by atoms with E-state index in [1.54, 1.807) is 18.2 Å². The first-order valence-corrected chi connectivity index (χ1v) is 9.17. The van der Waals surface area contributed by atoms with Gasteiger partial charge in [-0.15, -0.1) is 0 Å². The highest BCUT2D eigenvalue weighted by molar-refractivity contribution is 5.89. The number of halogens is 2. The van der Waals surface area contributed by atoms with E-state index in [0.717, 1.165) is 16.7 Å². The second-order valence-corrected chi connectivity index (χ2v) is 6.32. The number of hydrogen-bond donors (Lipinski definition) is 1. The standard InChI is InChI=1S/C22H23F2NO5/c1-15-4-3-5-16(12-15)7-9-21(27)29-14-20(26)25-11-10-17-6-8-18(30-22(23)24)19(13-17)28-2/h3-9,12-13,22H,10-11,14H2,1-2H3,(H,25,26)/b9-7+. The quantitative estimate of drug-likeness (QED) is 0.471. The zero-order chi connectivity index (χ0) is 21.9. The zero-order valence-corrected chi connectivity index (χ0v) is 16.7. The van der Waals surface area contributed by atoms with Gasteiger partial charge in [-0.2, -0.15) is 8.78 Å². The summed E-state index contributed by atoms with van der Waals surface area (Å²) >= 11 is 0. The summed E-state index contributed by atoms with van der Waals surface area (Å²) in [4.78, 5) is 23.5. The molecule has 0 heterocycles. The van der Waals surface area contributed by atoms with Crippen LogP contribution in [0.15, 0.2) is 48.5 Å². The van der Waals surface area contributed by atoms with Crippen molar-refractivity contribution in [1.82, 2.24) is 5.32 Å². The number of rotatable bonds is 10. The molecule has 2 aromatic rings. The Bertz CT molecular complexity index is 899. The Morgan fingerprint density at radius 1 is 1.13 bits per heavy atom. The van der Waals surface area contributed by atoms with Gasteiger partial charge in [-0.05, 0) is 42.7 Å². The van der Waals surface area contributed by atoms with Crippen molar-refractivity contribution < 1.29 is 32.6 Å². The highest BCUT2D eigenvalue weighted by Crippen LogP contribution is 2.29. The number of ether oxygens (including phenoxy) is 3. The Morgan fingerprint density at radius 3 is 2.63 bits per heavy atom. The maximum Gasteiger partial charge on any atom is 0.387 e. The van der Waals surface area contributed by atoms with Crippen LogP contribution in [0.2, 0.25) is 0 Å². The summed E-state index contributed by atoms with van der Waals surface area (Å²) in [5, 5.41) is 2.62. The van der Waals surface area contributed by atoms with Crippen molar-refractivity contribution in [2.75, 3.05) is 20.3 Å². The van der Waals surface area contributed by atoms with E-state index in [9.17, 15) is 18.4 Å². The summed E-state index contributed by atoms with van der Waals surface area (Å²) < 4.78 is 39.0. The van der Waals surface area contributed by atoms with Crippen molar-refractivity contribution in [2.45, 2.75) is 20.0 Å². The molecule has 0 saturated heterocycles. The van der Waals surface area contributed by atoms with Gasteiger partial charge >= 0.3 is 12.6 Å². The Labute approximate surface area is 173 Å². The second kappa shape index (κ2) is 11.5. The van der Waals surface area contributed by atoms with Crippen molar-refractivity contribution in [2.24, 2.45) is 0 Å². The summed E-state index contributed by atoms with van der Waals surface area (Å²) in [7, 11) is 1.35. The maximum absolute atomic E-state index is 12.3. The molecule has 1 amide bonds. The molecule has 0 fully saturated rings. The lowest BCUT2D eigenvalue weighted by molar-refractivity contribution is -0.143. The maximum atomic E-state index is 12.3. The zero-order valence-electron chi connectivity index (χ0n) is 16.7. The van der Waals surface area contributed by atoms with Gasteiger partial charge in [0.25, 0.3) is 5.91 Å². The van der Waals surface area contributed by atoms with Gasteiger partial charge < -0.3 is 19.5 Å². The molecule has 2 rings (SSSR count). The Balaban J connectivity index is 1.73. The molecule has 30 heavy (non-hydrogen) atoms. The third-order valence-electron chi connectivity index (χ3n) is 3.98. The minimum Gasteiger partial charge on any atom is -0.493 e. The van der Waals surface area contributed by atoms with Crippen molar-refractivity contribution in [3.63, 3.8) is 0 Å². The Morgan fingerprint density at radius 2 is 1.93 bits per heavy atom. The average Bonchev–Trinajstić information content (AvgIpc) is 2.71. The minimum atomic E-state index is -2.95. The van der Waals surface area contributed by atoms with Gasteiger partial charge in [0.1, 0.15) is 0 Å². The van der Waals surface area contributed by atoms with E-state index in [1.165, 1.54) is 19.3 Å². The molecule has 0 spiro atoms. The fraction of sp³-hybridized carbons (Fsp3) is 0.273. The highest BCUT2D eigenvalue weighted by atomic mass is 19.3. The van der Waals surface area contributed by atoms with E-state index in [-0.39, 0.29) is 18.0 Å². The van der Waals surface area contributed by atoms with E-state index >= 15 is 0 Å². The molecule has 0 unspecified atom stereocenters. The number of methoxy groups -OCH3 is 1. The topological polar surface area (TPSA) is 73.9 Å². The smallest absolute Gasteiger partial charge is 0.387 e. The first-order chi connectivity index (χ1) is 14.4. The van der Waals surface area contributed by atoms with Crippen molar-refractivity contribution in [1.29, 1.82) is 0 Å². The van der Waals surface area contributed by atoms with Crippen LogP contribution in [-0.4, -0.2) is 38.7 Å². The predicted octanol–water partition coefficient (Wildman–Crippen LogP) is 3.52. The number of carbonyl (C=O) groups is 2. The number of esters is 1. The lowest BCUT2D eigenvalue weighted by atomic mass is 10.1. The number of benzene rings is 2. The van der Waals surface area contributed by atoms with E-state index in [2.05, 4.69) is 10.1 Å². The molecule has 0 saturated carbocycles. The van der Waals surface area contributed by atoms with E-state index in [0.29, 0.717) is 6.42 Å². The van der Waals surface area contributed by atoms with Gasteiger partial charge in [-0.3, -0.25) is 4.79 Å². The van der Waals surface area contributed by atoms with E-state index < -0.39 is 25.1 Å². The van der Waals surface area contributed by atoms with E-state index in [4.69, 9.17) is 9.47 Å². The van der Waals surface area contributed by atoms with Crippen molar-refractivity contribution in [3.8, 4) is 11.5 Å². The Kier molecular flexibility index (Phi) is 8.80. The molecule has 0 aliphatic heterocycles. The van der Waals surface area contributed by atoms with Gasteiger partial charge in [-0.25, -0.2) is 4.79 Å². The van der Waals surface area contributed by atoms with Crippen molar-refractivity contribution in [3.05, 3.63) is 65.2 Å². The molecule has 0 aliphatic rings. The summed E-state index contributed by atoms with van der Waals surface area (Å²) in [5.41, 5.74) is 2.68. The number of hydrogen-bond acceptors (Lipinski definition) is 5. The van der Waals surface area contributed by atoms with Crippen LogP contribution in [0.25, 0.3) is 6.08 Å². The molecule has 0 bridgehead atoms. The molecule has 2 aromatic carbocycles. The largest absolute Gasteiger partial charge is 0.493 e. The van der Waals surface area contributed by atoms with Crippen LogP contribution < -0.4 is 14.8 Å². The van der Waals surface area contributed by atoms with E-state index in [1.807, 2.05) is 31.2 Å². The molecule has 0 aliphatic carbocycles. The fourth-order valence-corrected chi connectivity index (χ4v) is 2.58. The predicted molar refractivity (Wildman–Crippen MR) is 108 cm³/mol. The van der Waals surface area contributed by atoms with Crippen LogP contribution >= 0.6 is 0 Å². The Hall–Kier alpha value is -3.42. The third kappa shape index (κ3) is 7.90. The SMILES string of the molecule is COc1cc(CCNC(=O)COC(=O)/C=C/c2cccc(C)c2)ccc1OC(F)F. The number of aryl methyl sites for hydroxylation is 1. The summed E-state index contributed by atoms with van der Waals surface area (Å²) in [6.45, 7) is -1.13. The molecule has 6 nitrogen and oxygen atoms in total. The first-order valence-electron chi connectivity index (χ1n) is 9.17. The molecular weight excluding hydrogens is 396 g/mol. The normalized spacial score (nSPS) is 10.8. The molecule has 0 atom stereocenters. The molecule has 0 radical (unpaired) electrons. The fourth-order valence-electron chi connectivity index (χ4n) is 2.58. The molecule has 0 aromatic heterocycles. The second-order valence-electron chi connectivity index (χ2n) is 6.32. The van der Waals surface area contributed by atoms with Crippen molar-refractivity contribution >= 4 is 18.0 Å². The molecule has 1 N–H and O–H groups in total. The molecule has 8 heteroatoms. The van der Waals surface area contributed by atoms with Crippen LogP contribution in [0.4, 0.5) is 8.78 Å².